The molecular weight excluding hydrogens is 348 g/mol. The number of rotatable bonds is 6. The molecule has 128 valence electrons. The van der Waals surface area contributed by atoms with Crippen LogP contribution in [0.3, 0.4) is 0 Å². The zero-order chi connectivity index (χ0) is 17.7. The van der Waals surface area contributed by atoms with Gasteiger partial charge in [-0.05, 0) is 43.3 Å². The predicted molar refractivity (Wildman–Crippen MR) is 95.7 cm³/mol. The Balaban J connectivity index is 2.17. The fraction of sp³-hybridized carbons (Fsp3) is 0.235. The molecule has 0 saturated carbocycles. The van der Waals surface area contributed by atoms with E-state index in [1.807, 2.05) is 37.3 Å². The number of nitrogens with zero attached hydrogens (tertiary/aromatic N) is 2. The van der Waals surface area contributed by atoms with Gasteiger partial charge < -0.3 is 4.90 Å². The summed E-state index contributed by atoms with van der Waals surface area (Å²) in [6, 6.07) is 15.0. The normalized spacial score (nSPS) is 11.5. The third-order valence-electron chi connectivity index (χ3n) is 3.56. The summed E-state index contributed by atoms with van der Waals surface area (Å²) in [5.41, 5.74) is 0.738. The fourth-order valence-corrected chi connectivity index (χ4v) is 3.50. The second-order valence-electron chi connectivity index (χ2n) is 5.19. The molecule has 5 nitrogen and oxygen atoms in total. The van der Waals surface area contributed by atoms with Gasteiger partial charge in [-0.2, -0.15) is 4.31 Å². The van der Waals surface area contributed by atoms with Gasteiger partial charge in [0.05, 0.1) is 11.4 Å². The molecular formula is C17H19ClN2O3S. The van der Waals surface area contributed by atoms with Crippen molar-refractivity contribution in [2.45, 2.75) is 11.8 Å². The Morgan fingerprint density at radius 1 is 1.04 bits per heavy atom. The lowest BCUT2D eigenvalue weighted by atomic mass is 10.3. The molecule has 1 amide bonds. The lowest BCUT2D eigenvalue weighted by Crippen LogP contribution is -2.41. The summed E-state index contributed by atoms with van der Waals surface area (Å²) in [5.74, 6) is -0.288. The lowest BCUT2D eigenvalue weighted by Gasteiger charge is -2.24. The molecule has 0 radical (unpaired) electrons. The first-order valence-corrected chi connectivity index (χ1v) is 9.25. The molecule has 2 aromatic rings. The molecule has 0 atom stereocenters. The van der Waals surface area contributed by atoms with Crippen molar-refractivity contribution in [3.8, 4) is 0 Å². The van der Waals surface area contributed by atoms with Gasteiger partial charge in [0.15, 0.2) is 0 Å². The molecule has 0 fully saturated rings. The van der Waals surface area contributed by atoms with Crippen molar-refractivity contribution < 1.29 is 13.2 Å². The molecule has 0 unspecified atom stereocenters. The number of carbonyl (C=O) groups is 1. The fourth-order valence-electron chi connectivity index (χ4n) is 2.26. The first kappa shape index (κ1) is 18.4. The number of likely N-dealkylation sites (N-methyl/N-ethyl adjacent to an activating group) is 2. The summed E-state index contributed by atoms with van der Waals surface area (Å²) in [6.07, 6.45) is 0. The number of benzene rings is 2. The largest absolute Gasteiger partial charge is 0.312 e. The highest BCUT2D eigenvalue weighted by molar-refractivity contribution is 7.89. The Morgan fingerprint density at radius 2 is 1.62 bits per heavy atom. The quantitative estimate of drug-likeness (QED) is 0.789. The Labute approximate surface area is 147 Å². The zero-order valence-electron chi connectivity index (χ0n) is 13.5. The van der Waals surface area contributed by atoms with Crippen LogP contribution < -0.4 is 4.90 Å². The molecule has 0 saturated heterocycles. The van der Waals surface area contributed by atoms with Gasteiger partial charge in [0.1, 0.15) is 0 Å². The topological polar surface area (TPSA) is 57.7 Å². The van der Waals surface area contributed by atoms with E-state index >= 15 is 0 Å². The zero-order valence-corrected chi connectivity index (χ0v) is 15.1. The smallest absolute Gasteiger partial charge is 0.243 e. The molecule has 7 heteroatoms. The van der Waals surface area contributed by atoms with Gasteiger partial charge in [0.2, 0.25) is 15.9 Å². The summed E-state index contributed by atoms with van der Waals surface area (Å²) in [4.78, 5) is 14.2. The van der Waals surface area contributed by atoms with Crippen LogP contribution in [0.4, 0.5) is 5.69 Å². The Hall–Kier alpha value is -1.89. The molecule has 2 aromatic carbocycles. The maximum Gasteiger partial charge on any atom is 0.243 e. The third kappa shape index (κ3) is 4.14. The van der Waals surface area contributed by atoms with E-state index in [1.165, 1.54) is 31.3 Å². The van der Waals surface area contributed by atoms with E-state index in [9.17, 15) is 13.2 Å². The molecule has 2 rings (SSSR count). The van der Waals surface area contributed by atoms with Gasteiger partial charge in [-0.3, -0.25) is 4.79 Å². The third-order valence-corrected chi connectivity index (χ3v) is 5.63. The summed E-state index contributed by atoms with van der Waals surface area (Å²) < 4.78 is 26.1. The number of amides is 1. The molecule has 24 heavy (non-hydrogen) atoms. The maximum atomic E-state index is 12.5. The van der Waals surface area contributed by atoms with E-state index < -0.39 is 10.0 Å². The van der Waals surface area contributed by atoms with Crippen molar-refractivity contribution in [2.75, 3.05) is 25.0 Å². The number of anilines is 1. The van der Waals surface area contributed by atoms with Crippen LogP contribution in [0.1, 0.15) is 6.92 Å². The summed E-state index contributed by atoms with van der Waals surface area (Å²) in [6.45, 7) is 2.06. The Kier molecular flexibility index (Phi) is 5.99. The number of para-hydroxylation sites is 1. The Morgan fingerprint density at radius 3 is 2.17 bits per heavy atom. The number of hydrogen-bond acceptors (Lipinski definition) is 3. The van der Waals surface area contributed by atoms with Crippen LogP contribution in [0.2, 0.25) is 5.02 Å². The molecule has 0 aliphatic carbocycles. The van der Waals surface area contributed by atoms with E-state index in [0.717, 1.165) is 9.99 Å². The minimum atomic E-state index is -3.75. The highest BCUT2D eigenvalue weighted by Gasteiger charge is 2.25. The minimum absolute atomic E-state index is 0.102. The highest BCUT2D eigenvalue weighted by atomic mass is 35.5. The number of halogens is 1. The SMILES string of the molecule is CCN(C(=O)CN(C)S(=O)(=O)c1ccc(Cl)cc1)c1ccccc1. The summed E-state index contributed by atoms with van der Waals surface area (Å²) >= 11 is 5.78. The van der Waals surface area contributed by atoms with Gasteiger partial charge in [0.25, 0.3) is 0 Å². The van der Waals surface area contributed by atoms with Crippen molar-refractivity contribution in [2.24, 2.45) is 0 Å². The van der Waals surface area contributed by atoms with Crippen LogP contribution in [-0.2, 0) is 14.8 Å². The van der Waals surface area contributed by atoms with E-state index in [4.69, 9.17) is 11.6 Å². The van der Waals surface area contributed by atoms with Gasteiger partial charge in [0, 0.05) is 24.3 Å². The van der Waals surface area contributed by atoms with Crippen LogP contribution in [0.25, 0.3) is 0 Å². The maximum absolute atomic E-state index is 12.5. The van der Waals surface area contributed by atoms with Gasteiger partial charge in [-0.1, -0.05) is 29.8 Å². The van der Waals surface area contributed by atoms with Crippen molar-refractivity contribution in [3.63, 3.8) is 0 Å². The highest BCUT2D eigenvalue weighted by Crippen LogP contribution is 2.18. The molecule has 0 aliphatic heterocycles. The average molecular weight is 367 g/mol. The molecule has 0 bridgehead atoms. The molecule has 0 N–H and O–H groups in total. The number of hydrogen-bond donors (Lipinski definition) is 0. The van der Waals surface area contributed by atoms with Gasteiger partial charge in [-0.25, -0.2) is 8.42 Å². The lowest BCUT2D eigenvalue weighted by molar-refractivity contribution is -0.118. The molecule has 0 spiro atoms. The predicted octanol–water partition coefficient (Wildman–Crippen LogP) is 3.01. The minimum Gasteiger partial charge on any atom is -0.312 e. The van der Waals surface area contributed by atoms with E-state index in [-0.39, 0.29) is 17.3 Å². The standard InChI is InChI=1S/C17H19ClN2O3S/c1-3-20(15-7-5-4-6-8-15)17(21)13-19(2)24(22,23)16-11-9-14(18)10-12-16/h4-12H,3,13H2,1-2H3. The van der Waals surface area contributed by atoms with Gasteiger partial charge >= 0.3 is 0 Å². The number of sulfonamides is 1. The first-order chi connectivity index (χ1) is 11.4. The van der Waals surface area contributed by atoms with Crippen molar-refractivity contribution in [1.82, 2.24) is 4.31 Å². The van der Waals surface area contributed by atoms with Crippen LogP contribution >= 0.6 is 11.6 Å². The summed E-state index contributed by atoms with van der Waals surface area (Å²) in [7, 11) is -2.36. The van der Waals surface area contributed by atoms with E-state index in [1.54, 1.807) is 4.90 Å². The molecule has 0 aliphatic rings. The van der Waals surface area contributed by atoms with Crippen LogP contribution in [-0.4, -0.2) is 38.8 Å². The molecule has 0 heterocycles. The monoisotopic (exact) mass is 366 g/mol. The van der Waals surface area contributed by atoms with Crippen molar-refractivity contribution in [1.29, 1.82) is 0 Å². The second-order valence-corrected chi connectivity index (χ2v) is 7.67. The summed E-state index contributed by atoms with van der Waals surface area (Å²) in [5, 5.41) is 0.453. The van der Waals surface area contributed by atoms with Gasteiger partial charge in [-0.15, -0.1) is 0 Å². The van der Waals surface area contributed by atoms with Crippen LogP contribution in [0, 0.1) is 0 Å². The van der Waals surface area contributed by atoms with E-state index in [0.29, 0.717) is 11.6 Å². The van der Waals surface area contributed by atoms with Crippen molar-refractivity contribution >= 4 is 33.2 Å². The van der Waals surface area contributed by atoms with E-state index in [2.05, 4.69) is 0 Å². The van der Waals surface area contributed by atoms with Crippen LogP contribution in [0.15, 0.2) is 59.5 Å². The van der Waals surface area contributed by atoms with Crippen LogP contribution in [0.5, 0.6) is 0 Å². The first-order valence-electron chi connectivity index (χ1n) is 7.43. The Bertz CT molecular complexity index is 792. The second kappa shape index (κ2) is 7.79. The molecule has 0 aromatic heterocycles. The van der Waals surface area contributed by atoms with Crippen molar-refractivity contribution in [3.05, 3.63) is 59.6 Å². The number of carbonyl (C=O) groups excluding carboxylic acids is 1. The average Bonchev–Trinajstić information content (AvgIpc) is 2.57.